The molecular formula is C12H6F4N2O. The van der Waals surface area contributed by atoms with Crippen LogP contribution in [0.15, 0.2) is 36.8 Å². The highest BCUT2D eigenvalue weighted by Crippen LogP contribution is 2.28. The third kappa shape index (κ3) is 2.93. The van der Waals surface area contributed by atoms with Crippen LogP contribution >= 0.6 is 0 Å². The van der Waals surface area contributed by atoms with Crippen molar-refractivity contribution in [1.82, 2.24) is 9.97 Å². The first-order valence-corrected chi connectivity index (χ1v) is 5.06. The molecule has 0 spiro atoms. The Labute approximate surface area is 104 Å². The van der Waals surface area contributed by atoms with Gasteiger partial charge in [0, 0.05) is 18.0 Å². The highest BCUT2D eigenvalue weighted by molar-refractivity contribution is 6.07. The zero-order valence-electron chi connectivity index (χ0n) is 9.28. The van der Waals surface area contributed by atoms with E-state index in [1.54, 1.807) is 0 Å². The van der Waals surface area contributed by atoms with Crippen LogP contribution in [0, 0.1) is 5.82 Å². The van der Waals surface area contributed by atoms with E-state index in [1.165, 1.54) is 0 Å². The molecule has 3 nitrogen and oxygen atoms in total. The maximum absolute atomic E-state index is 12.9. The summed E-state index contributed by atoms with van der Waals surface area (Å²) in [6.45, 7) is 0. The van der Waals surface area contributed by atoms with Crippen molar-refractivity contribution in [3.63, 3.8) is 0 Å². The fraction of sp³-hybridized carbons (Fsp3) is 0.0833. The number of hydrogen-bond donors (Lipinski definition) is 0. The van der Waals surface area contributed by atoms with Crippen LogP contribution in [0.4, 0.5) is 17.6 Å². The van der Waals surface area contributed by atoms with Crippen molar-refractivity contribution >= 4 is 5.78 Å². The summed E-state index contributed by atoms with van der Waals surface area (Å²) in [4.78, 5) is 18.7. The third-order valence-corrected chi connectivity index (χ3v) is 2.29. The molecule has 0 atom stereocenters. The fourth-order valence-electron chi connectivity index (χ4n) is 1.38. The number of alkyl halides is 3. The molecule has 0 aromatic carbocycles. The molecule has 0 N–H and O–H groups in total. The second-order valence-corrected chi connectivity index (χ2v) is 3.65. The topological polar surface area (TPSA) is 42.9 Å². The van der Waals surface area contributed by atoms with Gasteiger partial charge in [0.2, 0.25) is 5.78 Å². The number of carbonyl (C=O) groups is 1. The average Bonchev–Trinajstić information content (AvgIpc) is 2.37. The molecule has 98 valence electrons. The molecule has 0 saturated carbocycles. The van der Waals surface area contributed by atoms with Gasteiger partial charge in [0.25, 0.3) is 0 Å². The Morgan fingerprint density at radius 1 is 1.11 bits per heavy atom. The van der Waals surface area contributed by atoms with Crippen LogP contribution in [0.25, 0.3) is 0 Å². The predicted molar refractivity (Wildman–Crippen MR) is 56.9 cm³/mol. The summed E-state index contributed by atoms with van der Waals surface area (Å²) in [6.07, 6.45) is -1.93. The van der Waals surface area contributed by atoms with Crippen LogP contribution < -0.4 is 0 Å². The number of carbonyl (C=O) groups excluding carboxylic acids is 1. The zero-order valence-corrected chi connectivity index (χ0v) is 9.28. The van der Waals surface area contributed by atoms with E-state index < -0.39 is 23.3 Å². The number of nitrogens with zero attached hydrogens (tertiary/aromatic N) is 2. The first-order chi connectivity index (χ1) is 8.88. The van der Waals surface area contributed by atoms with Crippen LogP contribution in [0.5, 0.6) is 0 Å². The normalized spacial score (nSPS) is 11.4. The Morgan fingerprint density at radius 2 is 1.84 bits per heavy atom. The number of rotatable bonds is 2. The number of aromatic nitrogens is 2. The van der Waals surface area contributed by atoms with Crippen molar-refractivity contribution in [1.29, 1.82) is 0 Å². The molecule has 0 fully saturated rings. The zero-order chi connectivity index (χ0) is 14.0. The van der Waals surface area contributed by atoms with Crippen molar-refractivity contribution in [3.8, 4) is 0 Å². The average molecular weight is 270 g/mol. The van der Waals surface area contributed by atoms with Crippen molar-refractivity contribution in [2.75, 3.05) is 0 Å². The van der Waals surface area contributed by atoms with Crippen LogP contribution in [-0.4, -0.2) is 15.8 Å². The summed E-state index contributed by atoms with van der Waals surface area (Å²) in [6, 6.07) is 2.62. The standard InChI is InChI=1S/C12H6F4N2O/c13-9-3-7(4-17-6-9)11(19)10-2-1-8(5-18-10)12(14,15)16/h1-6H. The number of pyridine rings is 2. The van der Waals surface area contributed by atoms with Crippen LogP contribution in [0.1, 0.15) is 21.6 Å². The van der Waals surface area contributed by atoms with Crippen LogP contribution in [-0.2, 0) is 6.18 Å². The number of ketones is 1. The van der Waals surface area contributed by atoms with Crippen LogP contribution in [0.2, 0.25) is 0 Å². The van der Waals surface area contributed by atoms with Crippen molar-refractivity contribution in [3.05, 3.63) is 59.4 Å². The van der Waals surface area contributed by atoms with E-state index in [9.17, 15) is 22.4 Å². The lowest BCUT2D eigenvalue weighted by Gasteiger charge is -2.06. The molecule has 2 aromatic heterocycles. The number of halogens is 4. The Kier molecular flexibility index (Phi) is 3.28. The predicted octanol–water partition coefficient (Wildman–Crippen LogP) is 2.87. The Morgan fingerprint density at radius 3 is 2.37 bits per heavy atom. The molecule has 0 amide bonds. The summed E-state index contributed by atoms with van der Waals surface area (Å²) in [5.74, 6) is -1.40. The van der Waals surface area contributed by atoms with Gasteiger partial charge in [-0.05, 0) is 18.2 Å². The van der Waals surface area contributed by atoms with Gasteiger partial charge >= 0.3 is 6.18 Å². The molecule has 0 saturated heterocycles. The maximum Gasteiger partial charge on any atom is 0.417 e. The van der Waals surface area contributed by atoms with E-state index in [0.717, 1.165) is 30.6 Å². The van der Waals surface area contributed by atoms with Gasteiger partial charge < -0.3 is 0 Å². The molecule has 2 rings (SSSR count). The van der Waals surface area contributed by atoms with E-state index in [1.807, 2.05) is 0 Å². The molecule has 7 heteroatoms. The Hall–Kier alpha value is -2.31. The van der Waals surface area contributed by atoms with E-state index in [4.69, 9.17) is 0 Å². The van der Waals surface area contributed by atoms with Gasteiger partial charge in [0.1, 0.15) is 11.5 Å². The molecule has 0 unspecified atom stereocenters. The second-order valence-electron chi connectivity index (χ2n) is 3.65. The Balaban J connectivity index is 2.30. The van der Waals surface area contributed by atoms with E-state index >= 15 is 0 Å². The van der Waals surface area contributed by atoms with Gasteiger partial charge in [-0.3, -0.25) is 14.8 Å². The van der Waals surface area contributed by atoms with Gasteiger partial charge in [0.15, 0.2) is 0 Å². The Bertz CT molecular complexity index is 608. The van der Waals surface area contributed by atoms with E-state index in [0.29, 0.717) is 6.20 Å². The smallest absolute Gasteiger partial charge is 0.287 e. The van der Waals surface area contributed by atoms with Gasteiger partial charge in [-0.25, -0.2) is 4.39 Å². The molecule has 0 aliphatic rings. The first kappa shape index (κ1) is 13.1. The highest BCUT2D eigenvalue weighted by Gasteiger charge is 2.31. The minimum atomic E-state index is -4.52. The summed E-state index contributed by atoms with van der Waals surface area (Å²) in [5, 5.41) is 0. The molecule has 0 radical (unpaired) electrons. The SMILES string of the molecule is O=C(c1cncc(F)c1)c1ccc(C(F)(F)F)cn1. The van der Waals surface area contributed by atoms with Crippen LogP contribution in [0.3, 0.4) is 0 Å². The minimum Gasteiger partial charge on any atom is -0.287 e. The van der Waals surface area contributed by atoms with Crippen molar-refractivity contribution in [2.24, 2.45) is 0 Å². The van der Waals surface area contributed by atoms with E-state index in [-0.39, 0.29) is 11.3 Å². The van der Waals surface area contributed by atoms with Gasteiger partial charge in [0.05, 0.1) is 11.8 Å². The highest BCUT2D eigenvalue weighted by atomic mass is 19.4. The second kappa shape index (κ2) is 4.75. The summed E-state index contributed by atoms with van der Waals surface area (Å²) >= 11 is 0. The molecular weight excluding hydrogens is 264 g/mol. The summed E-state index contributed by atoms with van der Waals surface area (Å²) in [7, 11) is 0. The maximum atomic E-state index is 12.9. The lowest BCUT2D eigenvalue weighted by atomic mass is 10.1. The molecule has 19 heavy (non-hydrogen) atoms. The third-order valence-electron chi connectivity index (χ3n) is 2.29. The molecule has 0 aliphatic carbocycles. The van der Waals surface area contributed by atoms with Crippen molar-refractivity contribution in [2.45, 2.75) is 6.18 Å². The lowest BCUT2D eigenvalue weighted by Crippen LogP contribution is -2.09. The molecule has 0 bridgehead atoms. The molecule has 2 heterocycles. The largest absolute Gasteiger partial charge is 0.417 e. The first-order valence-electron chi connectivity index (χ1n) is 5.06. The summed E-state index contributed by atoms with van der Waals surface area (Å²) < 4.78 is 49.8. The molecule has 2 aromatic rings. The number of hydrogen-bond acceptors (Lipinski definition) is 3. The van der Waals surface area contributed by atoms with E-state index in [2.05, 4.69) is 9.97 Å². The van der Waals surface area contributed by atoms with Gasteiger partial charge in [-0.15, -0.1) is 0 Å². The minimum absolute atomic E-state index is 0.0766. The fourth-order valence-corrected chi connectivity index (χ4v) is 1.38. The van der Waals surface area contributed by atoms with Gasteiger partial charge in [-0.2, -0.15) is 13.2 Å². The lowest BCUT2D eigenvalue weighted by molar-refractivity contribution is -0.137. The van der Waals surface area contributed by atoms with Crippen molar-refractivity contribution < 1.29 is 22.4 Å². The quantitative estimate of drug-likeness (QED) is 0.622. The van der Waals surface area contributed by atoms with Gasteiger partial charge in [-0.1, -0.05) is 0 Å². The molecule has 0 aliphatic heterocycles. The monoisotopic (exact) mass is 270 g/mol. The summed E-state index contributed by atoms with van der Waals surface area (Å²) in [5.41, 5.74) is -1.24.